The number of allylic oxidation sites excluding steroid dienone is 1. The smallest absolute Gasteiger partial charge is 0.269 e. The lowest BCUT2D eigenvalue weighted by molar-refractivity contribution is -0.384. The predicted octanol–water partition coefficient (Wildman–Crippen LogP) is 4.68. The average molecular weight is 399 g/mol. The molecule has 0 aromatic heterocycles. The molecule has 0 bridgehead atoms. The van der Waals surface area contributed by atoms with Gasteiger partial charge in [-0.1, -0.05) is 30.3 Å². The Morgan fingerprint density at radius 3 is 2.47 bits per heavy atom. The van der Waals surface area contributed by atoms with Gasteiger partial charge in [0.05, 0.1) is 16.6 Å². The van der Waals surface area contributed by atoms with Gasteiger partial charge >= 0.3 is 0 Å². The van der Waals surface area contributed by atoms with Crippen molar-refractivity contribution >= 4 is 28.9 Å². The Bertz CT molecular complexity index is 1120. The summed E-state index contributed by atoms with van der Waals surface area (Å²) in [5.74, 6) is 0.193. The zero-order valence-electron chi connectivity index (χ0n) is 15.8. The third-order valence-corrected chi connectivity index (χ3v) is 4.11. The highest BCUT2D eigenvalue weighted by atomic mass is 16.6. The van der Waals surface area contributed by atoms with Crippen LogP contribution in [0.2, 0.25) is 0 Å². The van der Waals surface area contributed by atoms with Crippen molar-refractivity contribution in [2.24, 2.45) is 0 Å². The van der Waals surface area contributed by atoms with Gasteiger partial charge in [0, 0.05) is 17.8 Å². The second-order valence-electron chi connectivity index (χ2n) is 6.25. The minimum atomic E-state index is -0.492. The lowest BCUT2D eigenvalue weighted by atomic mass is 10.0. The van der Waals surface area contributed by atoms with Crippen molar-refractivity contribution in [2.45, 2.75) is 0 Å². The lowest BCUT2D eigenvalue weighted by Crippen LogP contribution is -2.20. The van der Waals surface area contributed by atoms with Gasteiger partial charge in [-0.05, 0) is 53.6 Å². The van der Waals surface area contributed by atoms with Gasteiger partial charge < -0.3 is 10.1 Å². The summed E-state index contributed by atoms with van der Waals surface area (Å²) in [6, 6.07) is 23.9. The van der Waals surface area contributed by atoms with E-state index in [1.54, 1.807) is 42.5 Å². The molecule has 0 unspecified atom stereocenters. The molecule has 1 amide bonds. The molecule has 30 heavy (non-hydrogen) atoms. The van der Waals surface area contributed by atoms with Crippen LogP contribution in [0, 0.1) is 21.4 Å². The van der Waals surface area contributed by atoms with E-state index < -0.39 is 4.92 Å². The maximum Gasteiger partial charge on any atom is 0.269 e. The Balaban J connectivity index is 1.68. The molecule has 0 radical (unpaired) electrons. The number of hydrogen-bond acceptors (Lipinski definition) is 5. The van der Waals surface area contributed by atoms with Crippen LogP contribution in [0.1, 0.15) is 11.1 Å². The Morgan fingerprint density at radius 1 is 1.07 bits per heavy atom. The molecule has 0 saturated carbocycles. The highest BCUT2D eigenvalue weighted by Gasteiger charge is 2.08. The number of nitrogens with one attached hydrogen (secondary N) is 1. The summed E-state index contributed by atoms with van der Waals surface area (Å²) >= 11 is 0. The maximum atomic E-state index is 12.0. The van der Waals surface area contributed by atoms with Crippen molar-refractivity contribution in [3.8, 4) is 11.8 Å². The molecule has 3 rings (SSSR count). The van der Waals surface area contributed by atoms with Gasteiger partial charge in [-0.25, -0.2) is 0 Å². The number of benzene rings is 3. The average Bonchev–Trinajstić information content (AvgIpc) is 2.77. The van der Waals surface area contributed by atoms with Gasteiger partial charge in [-0.2, -0.15) is 5.26 Å². The molecule has 0 aliphatic heterocycles. The minimum Gasteiger partial charge on any atom is -0.484 e. The van der Waals surface area contributed by atoms with Crippen LogP contribution in [0.15, 0.2) is 78.9 Å². The third-order valence-electron chi connectivity index (χ3n) is 4.11. The number of carbonyl (C=O) groups is 1. The van der Waals surface area contributed by atoms with Crippen molar-refractivity contribution in [3.05, 3.63) is 100 Å². The third kappa shape index (κ3) is 5.53. The molecule has 0 heterocycles. The maximum absolute atomic E-state index is 12.0. The number of para-hydroxylation sites is 1. The number of non-ortho nitro benzene ring substituents is 1. The van der Waals surface area contributed by atoms with E-state index in [4.69, 9.17) is 4.74 Å². The topological polar surface area (TPSA) is 105 Å². The highest BCUT2D eigenvalue weighted by Crippen LogP contribution is 2.22. The van der Waals surface area contributed by atoms with Crippen LogP contribution < -0.4 is 10.1 Å². The number of hydrogen-bond donors (Lipinski definition) is 1. The molecule has 0 fully saturated rings. The first-order valence-corrected chi connectivity index (χ1v) is 8.99. The summed E-state index contributed by atoms with van der Waals surface area (Å²) in [5, 5.41) is 23.0. The second kappa shape index (κ2) is 9.66. The highest BCUT2D eigenvalue weighted by molar-refractivity contribution is 5.92. The van der Waals surface area contributed by atoms with Crippen molar-refractivity contribution in [3.63, 3.8) is 0 Å². The molecule has 7 heteroatoms. The van der Waals surface area contributed by atoms with E-state index in [1.807, 2.05) is 18.2 Å². The largest absolute Gasteiger partial charge is 0.484 e. The molecule has 1 N–H and O–H groups in total. The van der Waals surface area contributed by atoms with Crippen LogP contribution in [0.25, 0.3) is 11.6 Å². The molecule has 3 aromatic carbocycles. The molecule has 0 saturated heterocycles. The number of amides is 1. The summed E-state index contributed by atoms with van der Waals surface area (Å²) in [6.45, 7) is -0.157. The summed E-state index contributed by atoms with van der Waals surface area (Å²) < 4.78 is 5.54. The number of nitrogens with zero attached hydrogens (tertiary/aromatic N) is 2. The van der Waals surface area contributed by atoms with Crippen LogP contribution in [-0.4, -0.2) is 17.4 Å². The second-order valence-corrected chi connectivity index (χ2v) is 6.25. The van der Waals surface area contributed by atoms with E-state index in [2.05, 4.69) is 11.4 Å². The molecule has 0 spiro atoms. The number of rotatable bonds is 7. The fourth-order valence-electron chi connectivity index (χ4n) is 2.67. The lowest BCUT2D eigenvalue weighted by Gasteiger charge is -2.08. The van der Waals surface area contributed by atoms with Gasteiger partial charge in [0.1, 0.15) is 5.75 Å². The SMILES string of the molecule is N#C/C(=C\c1cccc(OCC(=O)Nc2ccccc2)c1)c1ccc([N+](=O)[O-])cc1. The van der Waals surface area contributed by atoms with E-state index in [0.29, 0.717) is 28.1 Å². The molecular formula is C23H17N3O4. The van der Waals surface area contributed by atoms with Crippen molar-refractivity contribution in [1.29, 1.82) is 5.26 Å². The number of nitro groups is 1. The van der Waals surface area contributed by atoms with Gasteiger partial charge in [0.15, 0.2) is 6.61 Å². The van der Waals surface area contributed by atoms with Crippen LogP contribution >= 0.6 is 0 Å². The van der Waals surface area contributed by atoms with E-state index in [-0.39, 0.29) is 18.2 Å². The van der Waals surface area contributed by atoms with Crippen molar-refractivity contribution < 1.29 is 14.5 Å². The zero-order valence-corrected chi connectivity index (χ0v) is 15.8. The fourth-order valence-corrected chi connectivity index (χ4v) is 2.67. The summed E-state index contributed by atoms with van der Waals surface area (Å²) in [5.41, 5.74) is 2.26. The Morgan fingerprint density at radius 2 is 1.80 bits per heavy atom. The van der Waals surface area contributed by atoms with E-state index in [1.165, 1.54) is 24.3 Å². The standard InChI is InChI=1S/C23H17N3O4/c24-15-19(18-9-11-21(12-10-18)26(28)29)13-17-5-4-8-22(14-17)30-16-23(27)25-20-6-2-1-3-7-20/h1-14H,16H2,(H,25,27)/b19-13+. The monoisotopic (exact) mass is 399 g/mol. The molecule has 0 aliphatic rings. The first-order valence-electron chi connectivity index (χ1n) is 8.99. The predicted molar refractivity (Wildman–Crippen MR) is 114 cm³/mol. The molecule has 3 aromatic rings. The van der Waals surface area contributed by atoms with Crippen molar-refractivity contribution in [1.82, 2.24) is 0 Å². The quantitative estimate of drug-likeness (QED) is 0.269. The molecular weight excluding hydrogens is 382 g/mol. The number of anilines is 1. The Hall–Kier alpha value is -4.44. The first kappa shape index (κ1) is 20.3. The minimum absolute atomic E-state index is 0.0415. The van der Waals surface area contributed by atoms with E-state index >= 15 is 0 Å². The number of nitriles is 1. The Labute approximate surface area is 173 Å². The van der Waals surface area contributed by atoms with Crippen LogP contribution in [0.4, 0.5) is 11.4 Å². The summed E-state index contributed by atoms with van der Waals surface area (Å²) in [4.78, 5) is 22.3. The number of ether oxygens (including phenoxy) is 1. The summed E-state index contributed by atoms with van der Waals surface area (Å²) in [7, 11) is 0. The molecule has 0 atom stereocenters. The first-order chi connectivity index (χ1) is 14.5. The normalized spacial score (nSPS) is 10.7. The van der Waals surface area contributed by atoms with Crippen LogP contribution in [0.3, 0.4) is 0 Å². The zero-order chi connectivity index (χ0) is 21.3. The van der Waals surface area contributed by atoms with E-state index in [9.17, 15) is 20.2 Å². The van der Waals surface area contributed by atoms with Crippen molar-refractivity contribution in [2.75, 3.05) is 11.9 Å². The van der Waals surface area contributed by atoms with Gasteiger partial charge in [0.2, 0.25) is 0 Å². The summed E-state index contributed by atoms with van der Waals surface area (Å²) in [6.07, 6.45) is 1.65. The molecule has 7 nitrogen and oxygen atoms in total. The van der Waals surface area contributed by atoms with E-state index in [0.717, 1.165) is 0 Å². The molecule has 0 aliphatic carbocycles. The number of carbonyl (C=O) groups excluding carboxylic acids is 1. The molecule has 148 valence electrons. The number of nitro benzene ring substituents is 1. The van der Waals surface area contributed by atoms with Gasteiger partial charge in [-0.15, -0.1) is 0 Å². The fraction of sp³-hybridized carbons (Fsp3) is 0.0435. The van der Waals surface area contributed by atoms with Crippen LogP contribution in [-0.2, 0) is 4.79 Å². The van der Waals surface area contributed by atoms with Crippen LogP contribution in [0.5, 0.6) is 5.75 Å². The van der Waals surface area contributed by atoms with Gasteiger partial charge in [0.25, 0.3) is 11.6 Å². The van der Waals surface area contributed by atoms with Gasteiger partial charge in [-0.3, -0.25) is 14.9 Å². The Kier molecular flexibility index (Phi) is 6.54.